The fourth-order valence-electron chi connectivity index (χ4n) is 3.91. The molecule has 120 valence electrons. The fraction of sp³-hybridized carbons (Fsp3) is 0.0870. The molecular weight excluding hydrogens is 311 g/mol. The Kier molecular flexibility index (Phi) is 4.11. The van der Waals surface area contributed by atoms with Crippen LogP contribution in [-0.2, 0) is 0 Å². The van der Waals surface area contributed by atoms with E-state index in [1.54, 1.807) is 0 Å². The molecule has 0 bridgehead atoms. The number of rotatable bonds is 1. The summed E-state index contributed by atoms with van der Waals surface area (Å²) in [6, 6.07) is 24.5. The molecule has 0 aliphatic heterocycles. The number of fused-ring (bicyclic) bond motifs is 6. The van der Waals surface area contributed by atoms with Crippen LogP contribution in [0.1, 0.15) is 11.1 Å². The molecule has 3 aromatic carbocycles. The van der Waals surface area contributed by atoms with Crippen molar-refractivity contribution in [3.63, 3.8) is 0 Å². The van der Waals surface area contributed by atoms with Crippen LogP contribution in [0.3, 0.4) is 0 Å². The van der Waals surface area contributed by atoms with Gasteiger partial charge in [-0.1, -0.05) is 41.8 Å². The predicted octanol–water partition coefficient (Wildman–Crippen LogP) is 2.73. The van der Waals surface area contributed by atoms with Gasteiger partial charge in [0.25, 0.3) is 0 Å². The van der Waals surface area contributed by atoms with Crippen LogP contribution < -0.4 is 18.9 Å². The molecule has 0 aliphatic rings. The van der Waals surface area contributed by atoms with Crippen LogP contribution in [0.15, 0.2) is 66.9 Å². The first kappa shape index (κ1) is 16.9. The minimum atomic E-state index is 0. The van der Waals surface area contributed by atoms with Crippen molar-refractivity contribution in [2.24, 2.45) is 0 Å². The molecule has 0 saturated heterocycles. The van der Waals surface area contributed by atoms with Gasteiger partial charge < -0.3 is 4.40 Å². The Hall–Kier alpha value is -2.53. The van der Waals surface area contributed by atoms with Crippen molar-refractivity contribution in [3.8, 4) is 11.3 Å². The number of aromatic nitrogens is 2. The summed E-state index contributed by atoms with van der Waals surface area (Å²) in [5.74, 6) is 0. The van der Waals surface area contributed by atoms with E-state index in [9.17, 15) is 0 Å². The van der Waals surface area contributed by atoms with E-state index in [1.807, 2.05) is 18.3 Å². The van der Waals surface area contributed by atoms with E-state index in [0.717, 1.165) is 16.7 Å². The summed E-state index contributed by atoms with van der Waals surface area (Å²) in [7, 11) is 0. The van der Waals surface area contributed by atoms with E-state index in [1.165, 1.54) is 33.0 Å². The SMILES string of the molecule is Cc1cccc(C)c1-c1cnc2c3[c-]cccc3c3ccccc3n12.[Li+]. The predicted molar refractivity (Wildman–Crippen MR) is 104 cm³/mol. The quantitative estimate of drug-likeness (QED) is 0.263. The van der Waals surface area contributed by atoms with Gasteiger partial charge in [0.1, 0.15) is 0 Å². The molecule has 0 spiro atoms. The number of hydrogen-bond donors (Lipinski definition) is 0. The van der Waals surface area contributed by atoms with Crippen molar-refractivity contribution in [2.75, 3.05) is 0 Å². The summed E-state index contributed by atoms with van der Waals surface area (Å²) in [6.45, 7) is 4.33. The average Bonchev–Trinajstić information content (AvgIpc) is 3.07. The van der Waals surface area contributed by atoms with Gasteiger partial charge >= 0.3 is 18.9 Å². The Morgan fingerprint density at radius 3 is 2.38 bits per heavy atom. The Balaban J connectivity index is 0.00000168. The standard InChI is InChI=1S/C23H17N2.Li/c1-15-8-7-9-16(2)22(15)21-14-24-23-19-12-4-3-10-17(19)18-11-5-6-13-20(18)25(21)23;/h3-11,13-14H,1-2H3;/q-1;+1. The van der Waals surface area contributed by atoms with Gasteiger partial charge in [-0.3, -0.25) is 4.98 Å². The number of hydrogen-bond acceptors (Lipinski definition) is 1. The van der Waals surface area contributed by atoms with Crippen molar-refractivity contribution in [3.05, 3.63) is 84.1 Å². The molecular formula is C23H17LiN2. The monoisotopic (exact) mass is 328 g/mol. The second-order valence-electron chi connectivity index (χ2n) is 6.55. The molecule has 0 radical (unpaired) electrons. The molecule has 0 aliphatic carbocycles. The van der Waals surface area contributed by atoms with Gasteiger partial charge in [-0.15, -0.1) is 29.7 Å². The maximum absolute atomic E-state index is 4.79. The average molecular weight is 328 g/mol. The van der Waals surface area contributed by atoms with Crippen molar-refractivity contribution in [1.29, 1.82) is 0 Å². The van der Waals surface area contributed by atoms with E-state index in [4.69, 9.17) is 4.98 Å². The van der Waals surface area contributed by atoms with Gasteiger partial charge in [0.05, 0.1) is 11.3 Å². The second kappa shape index (κ2) is 6.32. The van der Waals surface area contributed by atoms with Crippen LogP contribution in [0.2, 0.25) is 0 Å². The Morgan fingerprint density at radius 1 is 0.846 bits per heavy atom. The smallest absolute Gasteiger partial charge is 0.333 e. The molecule has 0 N–H and O–H groups in total. The Morgan fingerprint density at radius 2 is 1.58 bits per heavy atom. The minimum absolute atomic E-state index is 0. The molecule has 0 amide bonds. The van der Waals surface area contributed by atoms with Gasteiger partial charge in [-0.2, -0.15) is 0 Å². The van der Waals surface area contributed by atoms with Gasteiger partial charge in [0, 0.05) is 17.3 Å². The van der Waals surface area contributed by atoms with Crippen LogP contribution >= 0.6 is 0 Å². The van der Waals surface area contributed by atoms with Crippen molar-refractivity contribution in [2.45, 2.75) is 13.8 Å². The molecule has 2 nitrogen and oxygen atoms in total. The first-order valence-corrected chi connectivity index (χ1v) is 8.51. The number of imidazole rings is 1. The fourth-order valence-corrected chi connectivity index (χ4v) is 3.91. The summed E-state index contributed by atoms with van der Waals surface area (Å²) in [4.78, 5) is 4.79. The molecule has 2 heterocycles. The number of pyridine rings is 1. The van der Waals surface area contributed by atoms with Crippen LogP contribution in [0.4, 0.5) is 0 Å². The maximum atomic E-state index is 4.79. The van der Waals surface area contributed by atoms with E-state index in [2.05, 4.69) is 72.8 Å². The first-order chi connectivity index (χ1) is 12.3. The molecule has 2 aromatic heterocycles. The molecule has 0 fully saturated rings. The van der Waals surface area contributed by atoms with E-state index in [-0.39, 0.29) is 18.9 Å². The molecule has 5 aromatic rings. The third kappa shape index (κ3) is 2.30. The maximum Gasteiger partial charge on any atom is 1.00 e. The van der Waals surface area contributed by atoms with Crippen molar-refractivity contribution in [1.82, 2.24) is 9.38 Å². The number of para-hydroxylation sites is 1. The van der Waals surface area contributed by atoms with E-state index >= 15 is 0 Å². The zero-order valence-electron chi connectivity index (χ0n) is 15.2. The topological polar surface area (TPSA) is 17.3 Å². The molecule has 0 atom stereocenters. The van der Waals surface area contributed by atoms with Crippen molar-refractivity contribution >= 4 is 27.3 Å². The molecule has 0 saturated carbocycles. The van der Waals surface area contributed by atoms with Crippen LogP contribution in [0.5, 0.6) is 0 Å². The number of benzene rings is 3. The third-order valence-electron chi connectivity index (χ3n) is 5.01. The Bertz CT molecular complexity index is 1250. The minimum Gasteiger partial charge on any atom is -0.333 e. The number of aryl methyl sites for hydroxylation is 2. The normalized spacial score (nSPS) is 11.2. The molecule has 26 heavy (non-hydrogen) atoms. The first-order valence-electron chi connectivity index (χ1n) is 8.51. The zero-order chi connectivity index (χ0) is 17.0. The second-order valence-corrected chi connectivity index (χ2v) is 6.55. The summed E-state index contributed by atoms with van der Waals surface area (Å²) in [6.07, 6.45) is 2.00. The van der Waals surface area contributed by atoms with Gasteiger partial charge in [0.15, 0.2) is 0 Å². The van der Waals surface area contributed by atoms with Crippen molar-refractivity contribution < 1.29 is 18.9 Å². The summed E-state index contributed by atoms with van der Waals surface area (Å²) >= 11 is 0. The van der Waals surface area contributed by atoms with E-state index in [0.29, 0.717) is 0 Å². The van der Waals surface area contributed by atoms with Gasteiger partial charge in [-0.25, -0.2) is 0 Å². The Labute approximate surface area is 164 Å². The molecule has 0 unspecified atom stereocenters. The molecule has 3 heteroatoms. The zero-order valence-corrected chi connectivity index (χ0v) is 15.2. The summed E-state index contributed by atoms with van der Waals surface area (Å²) < 4.78 is 2.28. The van der Waals surface area contributed by atoms with Crippen LogP contribution in [0.25, 0.3) is 38.6 Å². The summed E-state index contributed by atoms with van der Waals surface area (Å²) in [5.41, 5.74) is 7.08. The number of nitrogens with zero attached hydrogens (tertiary/aromatic N) is 2. The van der Waals surface area contributed by atoms with Gasteiger partial charge in [0.2, 0.25) is 0 Å². The van der Waals surface area contributed by atoms with Crippen LogP contribution in [-0.4, -0.2) is 9.38 Å². The van der Waals surface area contributed by atoms with E-state index < -0.39 is 0 Å². The van der Waals surface area contributed by atoms with Gasteiger partial charge in [-0.05, 0) is 36.4 Å². The largest absolute Gasteiger partial charge is 1.00 e. The summed E-state index contributed by atoms with van der Waals surface area (Å²) in [5, 5.41) is 3.50. The third-order valence-corrected chi connectivity index (χ3v) is 5.01. The molecule has 5 rings (SSSR count). The van der Waals surface area contributed by atoms with Crippen LogP contribution in [0, 0.1) is 19.9 Å².